The molecule has 0 bridgehead atoms. The molecule has 1 unspecified atom stereocenters. The summed E-state index contributed by atoms with van der Waals surface area (Å²) in [6.45, 7) is 4.00. The maximum absolute atomic E-state index is 14.1. The second kappa shape index (κ2) is 10.2. The average Bonchev–Trinajstić information content (AvgIpc) is 3.47. The number of nitrogens with zero attached hydrogens (tertiary/aromatic N) is 2. The first-order chi connectivity index (χ1) is 16.8. The number of benzene rings is 3. The Hall–Kier alpha value is -3.20. The van der Waals surface area contributed by atoms with Crippen LogP contribution in [0.2, 0.25) is 0 Å². The van der Waals surface area contributed by atoms with Crippen molar-refractivity contribution in [2.45, 2.75) is 43.1 Å². The van der Waals surface area contributed by atoms with Crippen LogP contribution < -0.4 is 0 Å². The van der Waals surface area contributed by atoms with Crippen molar-refractivity contribution < 1.29 is 26.4 Å². The molecule has 3 aromatic carbocycles. The number of rotatable bonds is 4. The van der Waals surface area contributed by atoms with Gasteiger partial charge in [-0.05, 0) is 72.6 Å². The van der Waals surface area contributed by atoms with Crippen molar-refractivity contribution in [2.75, 3.05) is 0 Å². The summed E-state index contributed by atoms with van der Waals surface area (Å²) in [6.07, 6.45) is 1.10. The Morgan fingerprint density at radius 3 is 2.29 bits per heavy atom. The number of fused-ring (bicyclic) bond motifs is 1. The van der Waals surface area contributed by atoms with Gasteiger partial charge in [-0.2, -0.15) is 13.2 Å². The Balaban J connectivity index is 0.00000141. The van der Waals surface area contributed by atoms with Crippen molar-refractivity contribution >= 4 is 28.6 Å². The maximum atomic E-state index is 14.1. The molecule has 9 heteroatoms. The monoisotopic (exact) mass is 504 g/mol. The predicted molar refractivity (Wildman–Crippen MR) is 128 cm³/mol. The van der Waals surface area contributed by atoms with Crippen molar-refractivity contribution in [3.05, 3.63) is 83.4 Å². The van der Waals surface area contributed by atoms with E-state index in [0.29, 0.717) is 35.2 Å². The first-order valence-corrected chi connectivity index (χ1v) is 11.9. The molecular formula is C26H21F5N2OS. The number of alkyl halides is 3. The summed E-state index contributed by atoms with van der Waals surface area (Å²) < 4.78 is 71.7. The van der Waals surface area contributed by atoms with E-state index in [9.17, 15) is 22.0 Å². The summed E-state index contributed by atoms with van der Waals surface area (Å²) >= 11 is -0.204. The zero-order valence-corrected chi connectivity index (χ0v) is 19.7. The molecule has 35 heavy (non-hydrogen) atoms. The molecule has 0 fully saturated rings. The van der Waals surface area contributed by atoms with Gasteiger partial charge in [-0.15, -0.1) is 0 Å². The molecule has 182 valence electrons. The van der Waals surface area contributed by atoms with Gasteiger partial charge in [0.1, 0.15) is 17.2 Å². The number of hydrogen-bond donors (Lipinski definition) is 0. The number of aromatic nitrogens is 1. The molecule has 5 rings (SSSR count). The van der Waals surface area contributed by atoms with Gasteiger partial charge in [0.2, 0.25) is 5.89 Å². The molecule has 1 aromatic heterocycles. The third kappa shape index (κ3) is 5.56. The number of hydrogen-bond acceptors (Lipinski definition) is 4. The summed E-state index contributed by atoms with van der Waals surface area (Å²) in [5.41, 5.74) is -1.79. The number of oxazole rings is 1. The highest BCUT2D eigenvalue weighted by atomic mass is 32.2. The van der Waals surface area contributed by atoms with Crippen molar-refractivity contribution in [1.82, 2.24) is 4.98 Å². The molecular weight excluding hydrogens is 483 g/mol. The first-order valence-electron chi connectivity index (χ1n) is 11.0. The van der Waals surface area contributed by atoms with E-state index in [4.69, 9.17) is 4.42 Å². The van der Waals surface area contributed by atoms with E-state index < -0.39 is 17.1 Å². The Bertz CT molecular complexity index is 1340. The lowest BCUT2D eigenvalue weighted by atomic mass is 10.0. The van der Waals surface area contributed by atoms with Gasteiger partial charge in [0.15, 0.2) is 5.58 Å². The van der Waals surface area contributed by atoms with Gasteiger partial charge in [0.25, 0.3) is 0 Å². The molecule has 0 spiro atoms. The number of aliphatic imine (C=N–C) groups is 1. The van der Waals surface area contributed by atoms with Crippen LogP contribution in [0, 0.1) is 11.6 Å². The van der Waals surface area contributed by atoms with E-state index in [2.05, 4.69) is 9.98 Å². The smallest absolute Gasteiger partial charge is 0.436 e. The highest BCUT2D eigenvalue weighted by Gasteiger charge is 2.29. The van der Waals surface area contributed by atoms with E-state index >= 15 is 0 Å². The van der Waals surface area contributed by atoms with Crippen LogP contribution in [-0.4, -0.2) is 16.2 Å². The highest BCUT2D eigenvalue weighted by Crippen LogP contribution is 2.38. The molecule has 2 heterocycles. The quantitative estimate of drug-likeness (QED) is 0.206. The van der Waals surface area contributed by atoms with Crippen molar-refractivity contribution in [3.63, 3.8) is 0 Å². The molecule has 0 saturated carbocycles. The van der Waals surface area contributed by atoms with Crippen LogP contribution in [0.3, 0.4) is 0 Å². The first kappa shape index (κ1) is 24.9. The Morgan fingerprint density at radius 1 is 0.943 bits per heavy atom. The predicted octanol–water partition coefficient (Wildman–Crippen LogP) is 8.74. The van der Waals surface area contributed by atoms with Crippen molar-refractivity contribution in [1.29, 1.82) is 0 Å². The van der Waals surface area contributed by atoms with Gasteiger partial charge < -0.3 is 4.42 Å². The maximum Gasteiger partial charge on any atom is 0.446 e. The fourth-order valence-corrected chi connectivity index (χ4v) is 4.44. The van der Waals surface area contributed by atoms with E-state index in [1.54, 1.807) is 12.1 Å². The summed E-state index contributed by atoms with van der Waals surface area (Å²) in [7, 11) is 0. The third-order valence-electron chi connectivity index (χ3n) is 5.35. The molecule has 4 aromatic rings. The number of halogens is 5. The second-order valence-electron chi connectivity index (χ2n) is 7.55. The molecule has 1 aliphatic rings. The van der Waals surface area contributed by atoms with Crippen LogP contribution >= 0.6 is 11.8 Å². The molecule has 1 aliphatic heterocycles. The summed E-state index contributed by atoms with van der Waals surface area (Å²) in [4.78, 5) is 8.88. The summed E-state index contributed by atoms with van der Waals surface area (Å²) in [5, 5.41) is 0. The minimum absolute atomic E-state index is 0.0337. The molecule has 0 N–H and O–H groups in total. The minimum atomic E-state index is -4.38. The fraction of sp³-hybridized carbons (Fsp3) is 0.231. The van der Waals surface area contributed by atoms with Crippen LogP contribution in [0.15, 0.2) is 75.0 Å². The molecule has 3 nitrogen and oxygen atoms in total. The molecule has 1 atom stereocenters. The zero-order valence-electron chi connectivity index (χ0n) is 18.9. The molecule has 0 aliphatic carbocycles. The Labute approximate surface area is 203 Å². The SMILES string of the molecule is CC.Fc1cccc(F)c1C1=NC(c2ccc(-c3nc4cc(SC(F)(F)F)ccc4o3)cc2)CC1. The normalized spacial score (nSPS) is 15.6. The van der Waals surface area contributed by atoms with Gasteiger partial charge in [0, 0.05) is 16.2 Å². The van der Waals surface area contributed by atoms with Crippen LogP contribution in [0.25, 0.3) is 22.6 Å². The average molecular weight is 505 g/mol. The summed E-state index contributed by atoms with van der Waals surface area (Å²) in [5.74, 6) is -0.968. The molecule has 0 radical (unpaired) electrons. The molecule has 0 amide bonds. The minimum Gasteiger partial charge on any atom is -0.436 e. The van der Waals surface area contributed by atoms with Crippen LogP contribution in [-0.2, 0) is 0 Å². The Kier molecular flexibility index (Phi) is 7.25. The van der Waals surface area contributed by atoms with Crippen molar-refractivity contribution in [3.8, 4) is 11.5 Å². The lowest BCUT2D eigenvalue weighted by molar-refractivity contribution is -0.0328. The highest BCUT2D eigenvalue weighted by molar-refractivity contribution is 8.00. The molecule has 0 saturated heterocycles. The van der Waals surface area contributed by atoms with Gasteiger partial charge in [0.05, 0.1) is 11.6 Å². The van der Waals surface area contributed by atoms with Crippen LogP contribution in [0.5, 0.6) is 0 Å². The standard InChI is InChI=1S/C24H15F5N2OS.C2H6/c25-16-2-1-3-17(26)22(16)19-10-9-18(30-19)13-4-6-14(7-5-13)23-31-20-12-15(33-24(27,28)29)8-11-21(20)32-23;1-2/h1-8,11-12,18H,9-10H2;1-2H3. The van der Waals surface area contributed by atoms with Gasteiger partial charge in [-0.3, -0.25) is 4.99 Å². The topological polar surface area (TPSA) is 38.4 Å². The lowest BCUT2D eigenvalue weighted by Crippen LogP contribution is -2.03. The van der Waals surface area contributed by atoms with Gasteiger partial charge >= 0.3 is 5.51 Å². The van der Waals surface area contributed by atoms with Crippen LogP contribution in [0.1, 0.15) is 43.9 Å². The number of thioether (sulfide) groups is 1. The van der Waals surface area contributed by atoms with E-state index in [-0.39, 0.29) is 34.2 Å². The van der Waals surface area contributed by atoms with Gasteiger partial charge in [-0.25, -0.2) is 13.8 Å². The van der Waals surface area contributed by atoms with Crippen LogP contribution in [0.4, 0.5) is 22.0 Å². The Morgan fingerprint density at radius 2 is 1.63 bits per heavy atom. The van der Waals surface area contributed by atoms with E-state index in [0.717, 1.165) is 5.56 Å². The fourth-order valence-electron chi connectivity index (χ4n) is 3.87. The summed E-state index contributed by atoms with van der Waals surface area (Å²) in [6, 6.07) is 14.9. The van der Waals surface area contributed by atoms with Gasteiger partial charge in [-0.1, -0.05) is 32.0 Å². The second-order valence-corrected chi connectivity index (χ2v) is 8.68. The van der Waals surface area contributed by atoms with E-state index in [1.165, 1.54) is 36.4 Å². The van der Waals surface area contributed by atoms with E-state index in [1.807, 2.05) is 26.0 Å². The largest absolute Gasteiger partial charge is 0.446 e. The van der Waals surface area contributed by atoms with Crippen molar-refractivity contribution in [2.24, 2.45) is 4.99 Å². The third-order valence-corrected chi connectivity index (χ3v) is 6.07. The lowest BCUT2D eigenvalue weighted by Gasteiger charge is -2.07. The zero-order chi connectivity index (χ0) is 25.2.